The van der Waals surface area contributed by atoms with Gasteiger partial charge in [0.25, 0.3) is 0 Å². The van der Waals surface area contributed by atoms with E-state index in [4.69, 9.17) is 11.6 Å². The Morgan fingerprint density at radius 2 is 2.11 bits per heavy atom. The molecule has 2 nitrogen and oxygen atoms in total. The van der Waals surface area contributed by atoms with Crippen LogP contribution in [-0.2, 0) is 6.42 Å². The maximum absolute atomic E-state index is 10.2. The van der Waals surface area contributed by atoms with Gasteiger partial charge in [0.2, 0.25) is 0 Å². The quantitative estimate of drug-likeness (QED) is 0.696. The van der Waals surface area contributed by atoms with Crippen LogP contribution in [0.15, 0.2) is 34.8 Å². The minimum Gasteiger partial charge on any atom is -0.387 e. The normalized spacial score (nSPS) is 13.0. The van der Waals surface area contributed by atoms with Crippen molar-refractivity contribution in [3.05, 3.63) is 49.0 Å². The molecule has 1 atom stereocenters. The summed E-state index contributed by atoms with van der Waals surface area (Å²) in [5, 5.41) is 11.2. The van der Waals surface area contributed by atoms with Gasteiger partial charge in [-0.15, -0.1) is 22.7 Å². The van der Waals surface area contributed by atoms with E-state index in [1.807, 2.05) is 30.3 Å². The van der Waals surface area contributed by atoms with Gasteiger partial charge in [0.05, 0.1) is 21.3 Å². The van der Waals surface area contributed by atoms with Crippen molar-refractivity contribution < 1.29 is 5.11 Å². The lowest BCUT2D eigenvalue weighted by Gasteiger charge is -2.04. The molecule has 6 heteroatoms. The molecule has 0 spiro atoms. The van der Waals surface area contributed by atoms with Gasteiger partial charge in [0.15, 0.2) is 0 Å². The molecular weight excluding hydrogens is 366 g/mol. The van der Waals surface area contributed by atoms with Crippen molar-refractivity contribution in [1.29, 1.82) is 0 Å². The molecule has 0 aliphatic heterocycles. The number of nitrogens with zero attached hydrogens (tertiary/aromatic N) is 1. The van der Waals surface area contributed by atoms with Crippen LogP contribution in [0, 0.1) is 0 Å². The van der Waals surface area contributed by atoms with Crippen LogP contribution in [0.1, 0.15) is 16.0 Å². The highest BCUT2D eigenvalue weighted by molar-refractivity contribution is 9.10. The molecule has 2 heterocycles. The van der Waals surface area contributed by atoms with Gasteiger partial charge in [0.1, 0.15) is 4.34 Å². The maximum atomic E-state index is 10.2. The number of halogens is 2. The van der Waals surface area contributed by atoms with E-state index in [2.05, 4.69) is 20.9 Å². The van der Waals surface area contributed by atoms with Crippen molar-refractivity contribution in [2.75, 3.05) is 0 Å². The number of thiophene rings is 1. The molecule has 1 unspecified atom stereocenters. The second kappa shape index (κ2) is 5.50. The van der Waals surface area contributed by atoms with E-state index in [9.17, 15) is 5.11 Å². The van der Waals surface area contributed by atoms with Gasteiger partial charge in [-0.25, -0.2) is 4.98 Å². The van der Waals surface area contributed by atoms with Crippen molar-refractivity contribution in [2.24, 2.45) is 0 Å². The Balaban J connectivity index is 1.84. The third-order valence-electron chi connectivity index (χ3n) is 2.70. The van der Waals surface area contributed by atoms with E-state index in [1.165, 1.54) is 11.3 Å². The average molecular weight is 375 g/mol. The van der Waals surface area contributed by atoms with Gasteiger partial charge >= 0.3 is 0 Å². The molecule has 19 heavy (non-hydrogen) atoms. The van der Waals surface area contributed by atoms with Crippen LogP contribution in [0.3, 0.4) is 0 Å². The Morgan fingerprint density at radius 1 is 1.32 bits per heavy atom. The van der Waals surface area contributed by atoms with Crippen LogP contribution in [0.25, 0.3) is 10.2 Å². The van der Waals surface area contributed by atoms with Gasteiger partial charge in [-0.1, -0.05) is 23.7 Å². The molecule has 0 aliphatic rings. The molecule has 0 radical (unpaired) electrons. The lowest BCUT2D eigenvalue weighted by molar-refractivity contribution is 0.182. The number of benzene rings is 1. The summed E-state index contributed by atoms with van der Waals surface area (Å²) < 4.78 is 2.64. The standard InChI is InChI=1S/C13H9BrClNOS2/c14-7-5-11(19-13(7)15)9(17)6-12-16-8-3-1-2-4-10(8)18-12/h1-5,9,17H,6H2. The first-order chi connectivity index (χ1) is 9.13. The van der Waals surface area contributed by atoms with Crippen molar-refractivity contribution in [3.8, 4) is 0 Å². The number of hydrogen-bond donors (Lipinski definition) is 1. The highest BCUT2D eigenvalue weighted by atomic mass is 79.9. The predicted octanol–water partition coefficient (Wildman–Crippen LogP) is 5.05. The summed E-state index contributed by atoms with van der Waals surface area (Å²) in [6, 6.07) is 9.86. The van der Waals surface area contributed by atoms with Crippen molar-refractivity contribution in [2.45, 2.75) is 12.5 Å². The van der Waals surface area contributed by atoms with Crippen LogP contribution in [-0.4, -0.2) is 10.1 Å². The fourth-order valence-electron chi connectivity index (χ4n) is 1.80. The van der Waals surface area contributed by atoms with Gasteiger partial charge < -0.3 is 5.11 Å². The number of hydrogen-bond acceptors (Lipinski definition) is 4. The van der Waals surface area contributed by atoms with Gasteiger partial charge in [0, 0.05) is 15.8 Å². The molecular formula is C13H9BrClNOS2. The predicted molar refractivity (Wildman–Crippen MR) is 85.3 cm³/mol. The highest BCUT2D eigenvalue weighted by Gasteiger charge is 2.16. The maximum Gasteiger partial charge on any atom is 0.107 e. The Kier molecular flexibility index (Phi) is 3.91. The van der Waals surface area contributed by atoms with E-state index in [1.54, 1.807) is 11.3 Å². The minimum atomic E-state index is -0.561. The topological polar surface area (TPSA) is 33.1 Å². The summed E-state index contributed by atoms with van der Waals surface area (Å²) in [6.45, 7) is 0. The fourth-order valence-corrected chi connectivity index (χ4v) is 4.53. The molecule has 1 N–H and O–H groups in total. The monoisotopic (exact) mass is 373 g/mol. The molecule has 3 aromatic rings. The van der Waals surface area contributed by atoms with Crippen LogP contribution >= 0.6 is 50.2 Å². The first-order valence-electron chi connectivity index (χ1n) is 5.61. The summed E-state index contributed by atoms with van der Waals surface area (Å²) in [5.41, 5.74) is 0.986. The number of para-hydroxylation sites is 1. The van der Waals surface area contributed by atoms with Gasteiger partial charge in [-0.2, -0.15) is 0 Å². The largest absolute Gasteiger partial charge is 0.387 e. The van der Waals surface area contributed by atoms with Crippen LogP contribution < -0.4 is 0 Å². The van der Waals surface area contributed by atoms with E-state index in [0.717, 1.165) is 24.6 Å². The molecule has 1 aromatic carbocycles. The van der Waals surface area contributed by atoms with E-state index < -0.39 is 6.10 Å². The number of aromatic nitrogens is 1. The Bertz CT molecular complexity index is 672. The zero-order valence-corrected chi connectivity index (χ0v) is 13.6. The number of fused-ring (bicyclic) bond motifs is 1. The van der Waals surface area contributed by atoms with Crippen LogP contribution in [0.2, 0.25) is 4.34 Å². The van der Waals surface area contributed by atoms with Gasteiger partial charge in [-0.05, 0) is 34.1 Å². The number of rotatable bonds is 3. The molecule has 2 aromatic heterocycles. The van der Waals surface area contributed by atoms with Crippen LogP contribution in [0.5, 0.6) is 0 Å². The second-order valence-electron chi connectivity index (χ2n) is 4.07. The first-order valence-corrected chi connectivity index (χ1v) is 8.41. The minimum absolute atomic E-state index is 0.516. The summed E-state index contributed by atoms with van der Waals surface area (Å²) in [5.74, 6) is 0. The number of aliphatic hydroxyl groups excluding tert-OH is 1. The average Bonchev–Trinajstić information content (AvgIpc) is 2.93. The molecule has 0 saturated carbocycles. The lowest BCUT2D eigenvalue weighted by atomic mass is 10.2. The molecule has 0 aliphatic carbocycles. The SMILES string of the molecule is OC(Cc1nc2ccccc2s1)c1cc(Br)c(Cl)s1. The highest BCUT2D eigenvalue weighted by Crippen LogP contribution is 2.36. The Hall–Kier alpha value is -0.460. The third-order valence-corrected chi connectivity index (χ3v) is 6.33. The lowest BCUT2D eigenvalue weighted by Crippen LogP contribution is -1.98. The number of aliphatic hydroxyl groups is 1. The van der Waals surface area contributed by atoms with Crippen molar-refractivity contribution in [1.82, 2.24) is 4.98 Å². The number of thiazole rings is 1. The van der Waals surface area contributed by atoms with Crippen LogP contribution in [0.4, 0.5) is 0 Å². The fraction of sp³-hybridized carbons (Fsp3) is 0.154. The molecule has 0 amide bonds. The summed E-state index contributed by atoms with van der Waals surface area (Å²) in [6.07, 6.45) is -0.0443. The summed E-state index contributed by atoms with van der Waals surface area (Å²) >= 11 is 12.4. The van der Waals surface area contributed by atoms with Gasteiger partial charge in [-0.3, -0.25) is 0 Å². The smallest absolute Gasteiger partial charge is 0.107 e. The Morgan fingerprint density at radius 3 is 2.79 bits per heavy atom. The molecule has 98 valence electrons. The van der Waals surface area contributed by atoms with E-state index >= 15 is 0 Å². The molecule has 0 saturated heterocycles. The third kappa shape index (κ3) is 2.85. The van der Waals surface area contributed by atoms with Crippen molar-refractivity contribution >= 4 is 60.4 Å². The molecule has 3 rings (SSSR count). The summed E-state index contributed by atoms with van der Waals surface area (Å²) in [7, 11) is 0. The zero-order chi connectivity index (χ0) is 13.4. The van der Waals surface area contributed by atoms with E-state index in [-0.39, 0.29) is 0 Å². The Labute approximate surface area is 131 Å². The molecule has 0 bridgehead atoms. The van der Waals surface area contributed by atoms with Crippen molar-refractivity contribution in [3.63, 3.8) is 0 Å². The second-order valence-corrected chi connectivity index (χ2v) is 7.72. The molecule has 0 fully saturated rings. The first kappa shape index (κ1) is 13.5. The zero-order valence-electron chi connectivity index (χ0n) is 9.64. The summed E-state index contributed by atoms with van der Waals surface area (Å²) in [4.78, 5) is 5.38. The van der Waals surface area contributed by atoms with E-state index in [0.29, 0.717) is 10.8 Å².